The average Bonchev–Trinajstić information content (AvgIpc) is 2.89. The Hall–Kier alpha value is -3.26. The Morgan fingerprint density at radius 1 is 1.04 bits per heavy atom. The number of aromatic nitrogens is 2. The zero-order valence-corrected chi connectivity index (χ0v) is 14.6. The third-order valence-electron chi connectivity index (χ3n) is 4.01. The Morgan fingerprint density at radius 2 is 1.77 bits per heavy atom. The molecule has 0 atom stereocenters. The molecule has 1 aromatic heterocycles. The third-order valence-corrected chi connectivity index (χ3v) is 4.31. The van der Waals surface area contributed by atoms with Crippen molar-refractivity contribution in [1.29, 1.82) is 0 Å². The lowest BCUT2D eigenvalue weighted by atomic mass is 10.0. The van der Waals surface area contributed by atoms with Crippen LogP contribution in [0.2, 0.25) is 5.02 Å². The summed E-state index contributed by atoms with van der Waals surface area (Å²) in [5, 5.41) is 26.4. The van der Waals surface area contributed by atoms with Gasteiger partial charge in [0.1, 0.15) is 5.02 Å². The van der Waals surface area contributed by atoms with Gasteiger partial charge in [-0.1, -0.05) is 23.7 Å². The number of non-ortho nitro benzene ring substituents is 1. The van der Waals surface area contributed by atoms with Crippen molar-refractivity contribution in [3.8, 4) is 16.8 Å². The van der Waals surface area contributed by atoms with Gasteiger partial charge in [-0.15, -0.1) is 0 Å². The molecule has 0 aliphatic carbocycles. The van der Waals surface area contributed by atoms with Crippen LogP contribution >= 0.6 is 11.6 Å². The van der Waals surface area contributed by atoms with Crippen molar-refractivity contribution >= 4 is 23.0 Å². The van der Waals surface area contributed by atoms with E-state index in [1.807, 2.05) is 6.92 Å². The lowest BCUT2D eigenvalue weighted by molar-refractivity contribution is -0.384. The fourth-order valence-electron chi connectivity index (χ4n) is 2.86. The van der Waals surface area contributed by atoms with Gasteiger partial charge in [-0.3, -0.25) is 20.2 Å². The maximum absolute atomic E-state index is 11.0. The Balaban J connectivity index is 2.12. The summed E-state index contributed by atoms with van der Waals surface area (Å²) in [6.45, 7) is 3.62. The molecule has 0 saturated heterocycles. The highest BCUT2D eigenvalue weighted by Crippen LogP contribution is 2.32. The Labute approximate surface area is 152 Å². The number of aryl methyl sites for hydroxylation is 1. The molecule has 0 amide bonds. The number of nitrogens with zero attached hydrogens (tertiary/aromatic N) is 4. The summed E-state index contributed by atoms with van der Waals surface area (Å²) in [5.74, 6) is 0. The first kappa shape index (κ1) is 17.6. The molecule has 0 aliphatic rings. The van der Waals surface area contributed by atoms with Crippen LogP contribution in [0.25, 0.3) is 16.8 Å². The van der Waals surface area contributed by atoms with Gasteiger partial charge in [0.15, 0.2) is 0 Å². The van der Waals surface area contributed by atoms with Gasteiger partial charge in [0.25, 0.3) is 11.4 Å². The summed E-state index contributed by atoms with van der Waals surface area (Å²) < 4.78 is 1.61. The van der Waals surface area contributed by atoms with Gasteiger partial charge in [-0.2, -0.15) is 5.10 Å². The molecule has 0 radical (unpaired) electrons. The lowest BCUT2D eigenvalue weighted by Gasteiger charge is -2.06. The minimum Gasteiger partial charge on any atom is -0.258 e. The van der Waals surface area contributed by atoms with E-state index in [-0.39, 0.29) is 16.4 Å². The summed E-state index contributed by atoms with van der Waals surface area (Å²) in [5.41, 5.74) is 3.24. The van der Waals surface area contributed by atoms with E-state index in [0.717, 1.165) is 11.3 Å². The van der Waals surface area contributed by atoms with Crippen molar-refractivity contribution in [2.75, 3.05) is 0 Å². The normalized spacial score (nSPS) is 10.7. The topological polar surface area (TPSA) is 104 Å². The van der Waals surface area contributed by atoms with Crippen LogP contribution in [0, 0.1) is 34.1 Å². The van der Waals surface area contributed by atoms with Gasteiger partial charge < -0.3 is 0 Å². The smallest absolute Gasteiger partial charge is 0.258 e. The summed E-state index contributed by atoms with van der Waals surface area (Å²) in [6, 6.07) is 10.7. The van der Waals surface area contributed by atoms with E-state index in [2.05, 4.69) is 5.10 Å². The maximum atomic E-state index is 11.0. The molecule has 0 spiro atoms. The second-order valence-electron chi connectivity index (χ2n) is 5.66. The number of nitro groups is 2. The molecule has 26 heavy (non-hydrogen) atoms. The summed E-state index contributed by atoms with van der Waals surface area (Å²) in [4.78, 5) is 20.9. The standard InChI is InChI=1S/C17H13ClN4O4/c1-10-17(12-4-3-5-14(8-12)21(23)24)11(2)20(19-10)13-6-7-16(22(25)26)15(18)9-13/h3-9H,1-2H3. The van der Waals surface area contributed by atoms with Crippen molar-refractivity contribution in [3.05, 3.63) is 79.1 Å². The van der Waals surface area contributed by atoms with Crippen molar-refractivity contribution in [2.45, 2.75) is 13.8 Å². The molecule has 0 N–H and O–H groups in total. The fraction of sp³-hybridized carbons (Fsp3) is 0.118. The molecular formula is C17H13ClN4O4. The van der Waals surface area contributed by atoms with E-state index in [0.29, 0.717) is 16.9 Å². The highest BCUT2D eigenvalue weighted by atomic mass is 35.5. The lowest BCUT2D eigenvalue weighted by Crippen LogP contribution is -2.00. The van der Waals surface area contributed by atoms with E-state index in [9.17, 15) is 20.2 Å². The molecule has 8 nitrogen and oxygen atoms in total. The van der Waals surface area contributed by atoms with E-state index in [4.69, 9.17) is 11.6 Å². The minimum atomic E-state index is -0.554. The molecule has 2 aromatic carbocycles. The zero-order chi connectivity index (χ0) is 19.0. The maximum Gasteiger partial charge on any atom is 0.288 e. The Kier molecular flexibility index (Phi) is 4.43. The Morgan fingerprint density at radius 3 is 2.38 bits per heavy atom. The van der Waals surface area contributed by atoms with Gasteiger partial charge in [-0.05, 0) is 31.5 Å². The molecule has 0 bridgehead atoms. The molecular weight excluding hydrogens is 360 g/mol. The molecule has 0 unspecified atom stereocenters. The number of hydrogen-bond donors (Lipinski definition) is 0. The van der Waals surface area contributed by atoms with Gasteiger partial charge in [0.05, 0.1) is 21.2 Å². The third kappa shape index (κ3) is 3.02. The molecule has 132 valence electrons. The van der Waals surface area contributed by atoms with Gasteiger partial charge in [0, 0.05) is 29.5 Å². The second kappa shape index (κ2) is 6.57. The van der Waals surface area contributed by atoms with Crippen molar-refractivity contribution < 1.29 is 9.85 Å². The van der Waals surface area contributed by atoms with E-state index in [1.54, 1.807) is 29.8 Å². The van der Waals surface area contributed by atoms with Gasteiger partial charge in [-0.25, -0.2) is 4.68 Å². The predicted octanol–water partition coefficient (Wildman–Crippen LogP) is 4.63. The van der Waals surface area contributed by atoms with Crippen LogP contribution in [0.15, 0.2) is 42.5 Å². The molecule has 0 aliphatic heterocycles. The van der Waals surface area contributed by atoms with Crippen LogP contribution in [-0.2, 0) is 0 Å². The quantitative estimate of drug-likeness (QED) is 0.490. The van der Waals surface area contributed by atoms with Gasteiger partial charge >= 0.3 is 0 Å². The first-order chi connectivity index (χ1) is 12.3. The van der Waals surface area contributed by atoms with Crippen molar-refractivity contribution in [2.24, 2.45) is 0 Å². The summed E-state index contributed by atoms with van der Waals surface area (Å²) in [6.07, 6.45) is 0. The highest BCUT2D eigenvalue weighted by Gasteiger charge is 2.19. The summed E-state index contributed by atoms with van der Waals surface area (Å²) in [7, 11) is 0. The van der Waals surface area contributed by atoms with Crippen LogP contribution in [0.1, 0.15) is 11.4 Å². The first-order valence-electron chi connectivity index (χ1n) is 7.55. The molecule has 9 heteroatoms. The largest absolute Gasteiger partial charge is 0.288 e. The van der Waals surface area contributed by atoms with Gasteiger partial charge in [0.2, 0.25) is 0 Å². The molecule has 0 fully saturated rings. The number of rotatable bonds is 4. The van der Waals surface area contributed by atoms with Crippen LogP contribution in [-0.4, -0.2) is 19.6 Å². The number of nitro benzene ring substituents is 2. The van der Waals surface area contributed by atoms with E-state index >= 15 is 0 Å². The van der Waals surface area contributed by atoms with E-state index < -0.39 is 9.85 Å². The second-order valence-corrected chi connectivity index (χ2v) is 6.07. The molecule has 1 heterocycles. The zero-order valence-electron chi connectivity index (χ0n) is 13.8. The summed E-state index contributed by atoms with van der Waals surface area (Å²) >= 11 is 5.99. The van der Waals surface area contributed by atoms with Crippen LogP contribution < -0.4 is 0 Å². The SMILES string of the molecule is Cc1nn(-c2ccc([N+](=O)[O-])c(Cl)c2)c(C)c1-c1cccc([N+](=O)[O-])c1. The number of hydrogen-bond acceptors (Lipinski definition) is 5. The van der Waals surface area contributed by atoms with Crippen LogP contribution in [0.4, 0.5) is 11.4 Å². The number of benzene rings is 2. The van der Waals surface area contributed by atoms with Crippen molar-refractivity contribution in [1.82, 2.24) is 9.78 Å². The van der Waals surface area contributed by atoms with Crippen molar-refractivity contribution in [3.63, 3.8) is 0 Å². The predicted molar refractivity (Wildman–Crippen MR) is 96.8 cm³/mol. The minimum absolute atomic E-state index is 0.00701. The fourth-order valence-corrected chi connectivity index (χ4v) is 3.11. The van der Waals surface area contributed by atoms with E-state index in [1.165, 1.54) is 24.3 Å². The van der Waals surface area contributed by atoms with Crippen LogP contribution in [0.5, 0.6) is 0 Å². The molecule has 3 aromatic rings. The monoisotopic (exact) mass is 372 g/mol. The first-order valence-corrected chi connectivity index (χ1v) is 7.92. The highest BCUT2D eigenvalue weighted by molar-refractivity contribution is 6.32. The Bertz CT molecular complexity index is 1050. The number of halogens is 1. The average molecular weight is 373 g/mol. The molecule has 0 saturated carbocycles. The van der Waals surface area contributed by atoms with Crippen LogP contribution in [0.3, 0.4) is 0 Å². The molecule has 3 rings (SSSR count).